The zero-order valence-electron chi connectivity index (χ0n) is 12.2. The van der Waals surface area contributed by atoms with E-state index < -0.39 is 12.0 Å². The fourth-order valence-electron chi connectivity index (χ4n) is 2.07. The van der Waals surface area contributed by atoms with Crippen LogP contribution >= 0.6 is 38.5 Å². The van der Waals surface area contributed by atoms with Crippen LogP contribution in [-0.2, 0) is 4.79 Å². The van der Waals surface area contributed by atoms with Gasteiger partial charge in [0.15, 0.2) is 11.5 Å². The number of phenolic OH excluding ortho intramolecular Hbond substituents is 1. The van der Waals surface area contributed by atoms with E-state index in [0.717, 1.165) is 4.47 Å². The van der Waals surface area contributed by atoms with Gasteiger partial charge in [-0.15, -0.1) is 0 Å². The molecular weight excluding hydrogens is 491 g/mol. The minimum Gasteiger partial charge on any atom is -0.506 e. The first-order chi connectivity index (χ1) is 11.5. The Morgan fingerprint density at radius 1 is 1.38 bits per heavy atom. The molecular formula is C16H12BrIN2O4. The predicted molar refractivity (Wildman–Crippen MR) is 101 cm³/mol. The molecule has 1 atom stereocenters. The molecule has 2 aromatic rings. The lowest BCUT2D eigenvalue weighted by atomic mass is 10.2. The second-order valence-corrected chi connectivity index (χ2v) is 7.00. The molecule has 0 unspecified atom stereocenters. The number of hydrogen-bond acceptors (Lipinski definition) is 5. The van der Waals surface area contributed by atoms with E-state index in [4.69, 9.17) is 9.47 Å². The first-order valence-electron chi connectivity index (χ1n) is 6.94. The van der Waals surface area contributed by atoms with E-state index in [2.05, 4.69) is 26.5 Å². The minimum absolute atomic E-state index is 0.1000. The van der Waals surface area contributed by atoms with Crippen molar-refractivity contribution in [3.05, 3.63) is 50.0 Å². The van der Waals surface area contributed by atoms with Crippen LogP contribution in [0, 0.1) is 3.57 Å². The lowest BCUT2D eigenvalue weighted by Gasteiger charge is -2.24. The normalized spacial score (nSPS) is 16.2. The summed E-state index contributed by atoms with van der Waals surface area (Å²) in [5, 5.41) is 13.8. The van der Waals surface area contributed by atoms with Gasteiger partial charge in [0.1, 0.15) is 12.4 Å². The summed E-state index contributed by atoms with van der Waals surface area (Å²) in [5.41, 5.74) is 2.88. The Hall–Kier alpha value is -1.81. The van der Waals surface area contributed by atoms with E-state index in [1.807, 2.05) is 28.7 Å². The van der Waals surface area contributed by atoms with Gasteiger partial charge in [-0.2, -0.15) is 5.10 Å². The summed E-state index contributed by atoms with van der Waals surface area (Å²) >= 11 is 5.36. The highest BCUT2D eigenvalue weighted by Gasteiger charge is 2.27. The van der Waals surface area contributed by atoms with Gasteiger partial charge in [-0.3, -0.25) is 4.79 Å². The Morgan fingerprint density at radius 2 is 2.12 bits per heavy atom. The van der Waals surface area contributed by atoms with Crippen LogP contribution in [0.15, 0.2) is 46.0 Å². The van der Waals surface area contributed by atoms with Crippen molar-refractivity contribution in [3.8, 4) is 17.2 Å². The number of para-hydroxylation sites is 2. The lowest BCUT2D eigenvalue weighted by molar-refractivity contribution is -0.130. The zero-order valence-corrected chi connectivity index (χ0v) is 15.9. The highest BCUT2D eigenvalue weighted by molar-refractivity contribution is 14.1. The average molecular weight is 503 g/mol. The van der Waals surface area contributed by atoms with Crippen LogP contribution in [0.4, 0.5) is 0 Å². The summed E-state index contributed by atoms with van der Waals surface area (Å²) in [4.78, 5) is 12.1. The monoisotopic (exact) mass is 502 g/mol. The summed E-state index contributed by atoms with van der Waals surface area (Å²) in [6.45, 7) is 0.110. The number of rotatable bonds is 3. The van der Waals surface area contributed by atoms with Crippen LogP contribution in [0.3, 0.4) is 0 Å². The Kier molecular flexibility index (Phi) is 5.24. The van der Waals surface area contributed by atoms with Crippen LogP contribution in [0.2, 0.25) is 0 Å². The highest BCUT2D eigenvalue weighted by Crippen LogP contribution is 2.31. The number of carbonyl (C=O) groups excluding carboxylic acids is 1. The zero-order chi connectivity index (χ0) is 17.1. The molecule has 1 heterocycles. The molecule has 1 aliphatic rings. The van der Waals surface area contributed by atoms with Gasteiger partial charge in [0.25, 0.3) is 5.91 Å². The highest BCUT2D eigenvalue weighted by atomic mass is 127. The summed E-state index contributed by atoms with van der Waals surface area (Å²) in [6.07, 6.45) is 0.589. The van der Waals surface area contributed by atoms with Crippen molar-refractivity contribution in [2.24, 2.45) is 5.10 Å². The summed E-state index contributed by atoms with van der Waals surface area (Å²) in [7, 11) is 0. The smallest absolute Gasteiger partial charge is 0.284 e. The van der Waals surface area contributed by atoms with E-state index in [0.29, 0.717) is 20.6 Å². The fourth-order valence-corrected chi connectivity index (χ4v) is 3.62. The van der Waals surface area contributed by atoms with Crippen molar-refractivity contribution in [2.75, 3.05) is 6.61 Å². The van der Waals surface area contributed by atoms with Gasteiger partial charge in [-0.1, -0.05) is 28.1 Å². The number of phenols is 1. The number of hydrogen-bond donors (Lipinski definition) is 2. The second kappa shape index (κ2) is 7.39. The molecule has 1 aliphatic heterocycles. The molecule has 24 heavy (non-hydrogen) atoms. The van der Waals surface area contributed by atoms with Gasteiger partial charge in [0.05, 0.1) is 9.78 Å². The molecule has 1 amide bonds. The lowest BCUT2D eigenvalue weighted by Crippen LogP contribution is -2.42. The van der Waals surface area contributed by atoms with E-state index in [1.165, 1.54) is 6.21 Å². The molecule has 0 fully saturated rings. The van der Waals surface area contributed by atoms with Crippen LogP contribution < -0.4 is 14.9 Å². The molecule has 3 rings (SSSR count). The number of fused-ring (bicyclic) bond motifs is 1. The molecule has 0 aliphatic carbocycles. The van der Waals surface area contributed by atoms with Gasteiger partial charge in [-0.25, -0.2) is 5.43 Å². The van der Waals surface area contributed by atoms with E-state index in [1.54, 1.807) is 30.3 Å². The van der Waals surface area contributed by atoms with Crippen LogP contribution in [0.25, 0.3) is 0 Å². The molecule has 8 heteroatoms. The van der Waals surface area contributed by atoms with Crippen molar-refractivity contribution in [3.63, 3.8) is 0 Å². The standard InChI is InChI=1S/C16H12BrIN2O4/c17-10-5-9(15(21)11(18)6-10)7-19-20-16(22)14-8-23-12-3-1-2-4-13(12)24-14/h1-7,14,21H,8H2,(H,20,22)/b19-7+/t14-/m1/s1. The Labute approximate surface area is 160 Å². The Bertz CT molecular complexity index is 813. The number of nitrogens with zero attached hydrogens (tertiary/aromatic N) is 1. The van der Waals surface area contributed by atoms with Crippen molar-refractivity contribution in [1.82, 2.24) is 5.43 Å². The Balaban J connectivity index is 1.64. The van der Waals surface area contributed by atoms with Gasteiger partial charge < -0.3 is 14.6 Å². The number of amides is 1. The SMILES string of the molecule is O=C(N/N=C/c1cc(Br)cc(I)c1O)[C@H]1COc2ccccc2O1. The van der Waals surface area contributed by atoms with Gasteiger partial charge >= 0.3 is 0 Å². The van der Waals surface area contributed by atoms with Crippen LogP contribution in [0.5, 0.6) is 17.2 Å². The van der Waals surface area contributed by atoms with Gasteiger partial charge in [0.2, 0.25) is 6.10 Å². The van der Waals surface area contributed by atoms with E-state index in [9.17, 15) is 9.90 Å². The van der Waals surface area contributed by atoms with Crippen molar-refractivity contribution < 1.29 is 19.4 Å². The summed E-state index contributed by atoms with van der Waals surface area (Å²) < 4.78 is 12.6. The largest absolute Gasteiger partial charge is 0.506 e. The van der Waals surface area contributed by atoms with E-state index in [-0.39, 0.29) is 12.4 Å². The molecule has 6 nitrogen and oxygen atoms in total. The third-order valence-corrected chi connectivity index (χ3v) is 4.52. The van der Waals surface area contributed by atoms with Gasteiger partial charge in [0, 0.05) is 10.0 Å². The number of nitrogens with one attached hydrogen (secondary N) is 1. The fraction of sp³-hybridized carbons (Fsp3) is 0.125. The molecule has 124 valence electrons. The van der Waals surface area contributed by atoms with Crippen molar-refractivity contribution in [2.45, 2.75) is 6.10 Å². The predicted octanol–water partition coefficient (Wildman–Crippen LogP) is 3.05. The quantitative estimate of drug-likeness (QED) is 0.384. The molecule has 2 aromatic carbocycles. The maximum Gasteiger partial charge on any atom is 0.284 e. The molecule has 0 radical (unpaired) electrons. The minimum atomic E-state index is -0.784. The first kappa shape index (κ1) is 17.0. The van der Waals surface area contributed by atoms with Crippen LogP contribution in [0.1, 0.15) is 5.56 Å². The van der Waals surface area contributed by atoms with E-state index >= 15 is 0 Å². The van der Waals surface area contributed by atoms with Gasteiger partial charge in [-0.05, 0) is 46.9 Å². The molecule has 0 bridgehead atoms. The second-order valence-electron chi connectivity index (χ2n) is 4.92. The summed E-state index contributed by atoms with van der Waals surface area (Å²) in [5.74, 6) is 0.804. The number of aromatic hydroxyl groups is 1. The van der Waals surface area contributed by atoms with Crippen molar-refractivity contribution >= 4 is 50.6 Å². The number of carbonyl (C=O) groups is 1. The topological polar surface area (TPSA) is 80.2 Å². The number of hydrazone groups is 1. The summed E-state index contributed by atoms with van der Waals surface area (Å²) in [6, 6.07) is 10.6. The molecule has 2 N–H and O–H groups in total. The molecule has 0 spiro atoms. The molecule has 0 saturated carbocycles. The molecule has 0 saturated heterocycles. The van der Waals surface area contributed by atoms with Crippen molar-refractivity contribution in [1.29, 1.82) is 0 Å². The third kappa shape index (κ3) is 3.81. The number of halogens is 2. The average Bonchev–Trinajstić information content (AvgIpc) is 2.58. The number of ether oxygens (including phenoxy) is 2. The Morgan fingerprint density at radius 3 is 2.92 bits per heavy atom. The van der Waals surface area contributed by atoms with Crippen LogP contribution in [-0.4, -0.2) is 29.9 Å². The third-order valence-electron chi connectivity index (χ3n) is 3.24. The molecule has 0 aromatic heterocycles. The maximum atomic E-state index is 12.1. The first-order valence-corrected chi connectivity index (χ1v) is 8.81. The number of benzene rings is 2. The maximum absolute atomic E-state index is 12.1.